The van der Waals surface area contributed by atoms with Crippen LogP contribution >= 0.6 is 0 Å². The molecule has 13 nitrogen and oxygen atoms in total. The van der Waals surface area contributed by atoms with Crippen molar-refractivity contribution in [1.82, 2.24) is 0 Å². The first-order valence-corrected chi connectivity index (χ1v) is 6.99. The van der Waals surface area contributed by atoms with E-state index in [0.29, 0.717) is 0 Å². The quantitative estimate of drug-likeness (QED) is 0.123. The lowest BCUT2D eigenvalue weighted by Crippen LogP contribution is -2.52. The van der Waals surface area contributed by atoms with Gasteiger partial charge in [0.15, 0.2) is 36.5 Å². The van der Waals surface area contributed by atoms with Crippen LogP contribution in [0.4, 0.5) is 0 Å². The SMILES string of the molecule is CO[C@@H](C(=O)[C@@H](O)CO)[C@H](O)C(=O)O[C@@H](C=O)[C@@H](O)[C@H](O)[C@H](O)C(=O)O. The van der Waals surface area contributed by atoms with Gasteiger partial charge in [0.05, 0.1) is 6.61 Å². The molecule has 26 heavy (non-hydrogen) atoms. The summed E-state index contributed by atoms with van der Waals surface area (Å²) in [5.41, 5.74) is 0. The van der Waals surface area contributed by atoms with Gasteiger partial charge in [0.1, 0.15) is 18.3 Å². The average molecular weight is 384 g/mol. The zero-order chi connectivity index (χ0) is 20.6. The Bertz CT molecular complexity index is 506. The number of ketones is 1. The number of ether oxygens (including phenoxy) is 2. The van der Waals surface area contributed by atoms with Crippen LogP contribution in [0.15, 0.2) is 0 Å². The van der Waals surface area contributed by atoms with E-state index in [2.05, 4.69) is 9.47 Å². The van der Waals surface area contributed by atoms with E-state index in [0.717, 1.165) is 7.11 Å². The van der Waals surface area contributed by atoms with Crippen molar-refractivity contribution < 1.29 is 64.4 Å². The normalized spacial score (nSPS) is 19.3. The van der Waals surface area contributed by atoms with E-state index in [1.807, 2.05) is 0 Å². The summed E-state index contributed by atoms with van der Waals surface area (Å²) in [6, 6.07) is 0. The molecule has 0 aromatic heterocycles. The van der Waals surface area contributed by atoms with Crippen molar-refractivity contribution in [3.63, 3.8) is 0 Å². The fourth-order valence-corrected chi connectivity index (χ4v) is 1.71. The number of carboxylic acid groups (broad SMARTS) is 1. The molecule has 0 heterocycles. The molecule has 0 spiro atoms. The summed E-state index contributed by atoms with van der Waals surface area (Å²) in [4.78, 5) is 44.9. The largest absolute Gasteiger partial charge is 0.479 e. The summed E-state index contributed by atoms with van der Waals surface area (Å²) in [6.07, 6.45) is -16.1. The van der Waals surface area contributed by atoms with Crippen molar-refractivity contribution in [2.24, 2.45) is 0 Å². The lowest BCUT2D eigenvalue weighted by atomic mass is 10.0. The van der Waals surface area contributed by atoms with Crippen molar-refractivity contribution in [3.05, 3.63) is 0 Å². The van der Waals surface area contributed by atoms with Gasteiger partial charge in [0, 0.05) is 7.11 Å². The molecule has 0 aliphatic heterocycles. The van der Waals surface area contributed by atoms with E-state index >= 15 is 0 Å². The molecule has 0 unspecified atom stereocenters. The molecule has 150 valence electrons. The Morgan fingerprint density at radius 3 is 1.92 bits per heavy atom. The number of rotatable bonds is 12. The summed E-state index contributed by atoms with van der Waals surface area (Å²) < 4.78 is 8.89. The van der Waals surface area contributed by atoms with Gasteiger partial charge in [0.2, 0.25) is 0 Å². The third kappa shape index (κ3) is 6.06. The number of Topliss-reactive ketones (excluding diaryl/α,β-unsaturated/α-hetero) is 1. The van der Waals surface area contributed by atoms with Gasteiger partial charge in [-0.15, -0.1) is 0 Å². The van der Waals surface area contributed by atoms with Gasteiger partial charge in [0.25, 0.3) is 0 Å². The maximum Gasteiger partial charge on any atom is 0.339 e. The highest BCUT2D eigenvalue weighted by molar-refractivity contribution is 5.93. The monoisotopic (exact) mass is 384 g/mol. The minimum absolute atomic E-state index is 0.223. The third-order valence-electron chi connectivity index (χ3n) is 3.21. The van der Waals surface area contributed by atoms with Gasteiger partial charge in [-0.05, 0) is 0 Å². The predicted octanol–water partition coefficient (Wildman–Crippen LogP) is -5.44. The zero-order valence-electron chi connectivity index (χ0n) is 13.4. The standard InChI is InChI=1S/C13H20O13/c1-25-11(6(17)4(16)2-14)10(21)13(24)26-5(3-15)7(18)8(19)9(20)12(22)23/h3-5,7-11,14,16,18-21H,2H2,1H3,(H,22,23)/t4-,5-,7+,8-,9-,10-,11-/m0/s1. The molecule has 0 radical (unpaired) electrons. The Morgan fingerprint density at radius 2 is 1.54 bits per heavy atom. The highest BCUT2D eigenvalue weighted by atomic mass is 16.6. The number of aliphatic hydroxyl groups is 6. The topological polar surface area (TPSA) is 228 Å². The average Bonchev–Trinajstić information content (AvgIpc) is 2.63. The molecule has 0 saturated heterocycles. The van der Waals surface area contributed by atoms with Crippen LogP contribution in [0.2, 0.25) is 0 Å². The first-order chi connectivity index (χ1) is 12.0. The van der Waals surface area contributed by atoms with E-state index in [9.17, 15) is 39.6 Å². The number of carboxylic acids is 1. The number of methoxy groups -OCH3 is 1. The van der Waals surface area contributed by atoms with Crippen LogP contribution in [0, 0.1) is 0 Å². The maximum absolute atomic E-state index is 11.8. The number of carbonyl (C=O) groups excluding carboxylic acids is 3. The number of carbonyl (C=O) groups is 4. The first kappa shape index (κ1) is 24.0. The molecule has 0 rings (SSSR count). The van der Waals surface area contributed by atoms with Gasteiger partial charge in [-0.3, -0.25) is 9.59 Å². The molecule has 0 amide bonds. The molecule has 13 heteroatoms. The molecular formula is C13H20O13. The van der Waals surface area contributed by atoms with E-state index in [1.54, 1.807) is 0 Å². The Morgan fingerprint density at radius 1 is 1.00 bits per heavy atom. The number of aliphatic hydroxyl groups excluding tert-OH is 6. The minimum atomic E-state index is -2.51. The van der Waals surface area contributed by atoms with E-state index in [4.69, 9.17) is 15.3 Å². The van der Waals surface area contributed by atoms with Crippen LogP contribution in [-0.2, 0) is 28.7 Å². The fraction of sp³-hybridized carbons (Fsp3) is 0.692. The Labute approximate surface area is 146 Å². The molecule has 0 fully saturated rings. The molecular weight excluding hydrogens is 364 g/mol. The van der Waals surface area contributed by atoms with Crippen LogP contribution in [0.3, 0.4) is 0 Å². The molecule has 0 aliphatic carbocycles. The van der Waals surface area contributed by atoms with Crippen molar-refractivity contribution in [2.45, 2.75) is 42.7 Å². The molecule has 7 N–H and O–H groups in total. The van der Waals surface area contributed by atoms with Crippen LogP contribution in [0.5, 0.6) is 0 Å². The molecule has 0 bridgehead atoms. The van der Waals surface area contributed by atoms with Gasteiger partial charge in [-0.25, -0.2) is 9.59 Å². The lowest BCUT2D eigenvalue weighted by molar-refractivity contribution is -0.184. The van der Waals surface area contributed by atoms with E-state index in [-0.39, 0.29) is 6.29 Å². The summed E-state index contributed by atoms with van der Waals surface area (Å²) in [6.45, 7) is -1.03. The summed E-state index contributed by atoms with van der Waals surface area (Å²) in [7, 11) is 0.877. The fourth-order valence-electron chi connectivity index (χ4n) is 1.71. The van der Waals surface area contributed by atoms with Crippen LogP contribution in [0.1, 0.15) is 0 Å². The number of hydrogen-bond donors (Lipinski definition) is 7. The molecule has 7 atom stereocenters. The first-order valence-electron chi connectivity index (χ1n) is 6.99. The van der Waals surface area contributed by atoms with E-state index < -0.39 is 67.1 Å². The molecule has 0 aromatic carbocycles. The van der Waals surface area contributed by atoms with Gasteiger partial charge in [-0.2, -0.15) is 0 Å². The number of aliphatic carboxylic acids is 1. The Kier molecular flexibility index (Phi) is 10.0. The second-order valence-corrected chi connectivity index (χ2v) is 5.00. The van der Waals surface area contributed by atoms with Crippen molar-refractivity contribution >= 4 is 24.0 Å². The zero-order valence-corrected chi connectivity index (χ0v) is 13.4. The summed E-state index contributed by atoms with van der Waals surface area (Å²) in [5.74, 6) is -4.93. The number of esters is 1. The molecule has 0 aromatic rings. The van der Waals surface area contributed by atoms with Gasteiger partial charge < -0.3 is 45.2 Å². The van der Waals surface area contributed by atoms with Crippen molar-refractivity contribution in [3.8, 4) is 0 Å². The lowest BCUT2D eigenvalue weighted by Gasteiger charge is -2.26. The Balaban J connectivity index is 5.15. The third-order valence-corrected chi connectivity index (χ3v) is 3.21. The second-order valence-electron chi connectivity index (χ2n) is 5.00. The van der Waals surface area contributed by atoms with Crippen LogP contribution < -0.4 is 0 Å². The molecule has 0 aliphatic rings. The number of hydrogen-bond acceptors (Lipinski definition) is 12. The predicted molar refractivity (Wildman–Crippen MR) is 76.5 cm³/mol. The minimum Gasteiger partial charge on any atom is -0.479 e. The van der Waals surface area contributed by atoms with E-state index in [1.165, 1.54) is 0 Å². The van der Waals surface area contributed by atoms with Gasteiger partial charge in [-0.1, -0.05) is 0 Å². The summed E-state index contributed by atoms with van der Waals surface area (Å²) >= 11 is 0. The van der Waals surface area contributed by atoms with Crippen LogP contribution in [-0.4, -0.2) is 116 Å². The highest BCUT2D eigenvalue weighted by Crippen LogP contribution is 2.11. The highest BCUT2D eigenvalue weighted by Gasteiger charge is 2.41. The summed E-state index contributed by atoms with van der Waals surface area (Å²) in [5, 5.41) is 64.3. The maximum atomic E-state index is 11.8. The van der Waals surface area contributed by atoms with Crippen LogP contribution in [0.25, 0.3) is 0 Å². The van der Waals surface area contributed by atoms with Crippen molar-refractivity contribution in [2.75, 3.05) is 13.7 Å². The number of aldehydes is 1. The Hall–Kier alpha value is -2.00. The smallest absolute Gasteiger partial charge is 0.339 e. The molecule has 0 saturated carbocycles. The van der Waals surface area contributed by atoms with Crippen molar-refractivity contribution in [1.29, 1.82) is 0 Å². The van der Waals surface area contributed by atoms with Gasteiger partial charge >= 0.3 is 11.9 Å². The second kappa shape index (κ2) is 10.9.